The minimum atomic E-state index is 0.227. The third-order valence-corrected chi connectivity index (χ3v) is 1.96. The van der Waals surface area contributed by atoms with Crippen LogP contribution >= 0.6 is 11.8 Å². The van der Waals surface area contributed by atoms with E-state index in [1.165, 1.54) is 11.8 Å². The lowest BCUT2D eigenvalue weighted by Crippen LogP contribution is -2.15. The van der Waals surface area contributed by atoms with Crippen molar-refractivity contribution in [2.75, 3.05) is 0 Å². The summed E-state index contributed by atoms with van der Waals surface area (Å²) in [5.74, 6) is 0. The van der Waals surface area contributed by atoms with Gasteiger partial charge in [0, 0.05) is 21.5 Å². The van der Waals surface area contributed by atoms with Gasteiger partial charge in [-0.05, 0) is 0 Å². The second-order valence-corrected chi connectivity index (χ2v) is 7.93. The maximum Gasteiger partial charge on any atom is 0.186 e. The van der Waals surface area contributed by atoms with E-state index in [1.54, 1.807) is 6.92 Å². The van der Waals surface area contributed by atoms with Crippen LogP contribution in [0, 0.1) is 0 Å². The molecule has 1 nitrogen and oxygen atoms in total. The van der Waals surface area contributed by atoms with Crippen molar-refractivity contribution in [1.82, 2.24) is 0 Å². The van der Waals surface area contributed by atoms with Crippen LogP contribution in [0.4, 0.5) is 0 Å². The Hall–Kier alpha value is 0.237. The van der Waals surface area contributed by atoms with E-state index in [0.717, 1.165) is 10.2 Å². The number of rotatable bonds is 1. The van der Waals surface area contributed by atoms with Crippen LogP contribution in [0.15, 0.2) is 0 Å². The molecule has 0 saturated heterocycles. The first-order chi connectivity index (χ1) is 3.42. The molecule has 0 aromatic heterocycles. The quantitative estimate of drug-likeness (QED) is 0.500. The highest BCUT2D eigenvalue weighted by molar-refractivity contribution is 8.15. The van der Waals surface area contributed by atoms with Crippen LogP contribution in [0.3, 0.4) is 0 Å². The number of hydrogen-bond donors (Lipinski definition) is 0. The van der Waals surface area contributed by atoms with Gasteiger partial charge in [0.25, 0.3) is 0 Å². The Morgan fingerprint density at radius 3 is 2.00 bits per heavy atom. The highest BCUT2D eigenvalue weighted by Gasteiger charge is 2.12. The van der Waals surface area contributed by atoms with Crippen molar-refractivity contribution in [3.05, 3.63) is 0 Å². The van der Waals surface area contributed by atoms with Gasteiger partial charge in [-0.25, -0.2) is 0 Å². The molecule has 0 aromatic rings. The molecule has 0 aromatic carbocycles. The van der Waals surface area contributed by atoms with Gasteiger partial charge in [-0.2, -0.15) is 0 Å². The van der Waals surface area contributed by atoms with Crippen LogP contribution in [0.25, 0.3) is 0 Å². The monoisotopic (exact) mass is 148 g/mol. The first kappa shape index (κ1) is 8.24. The van der Waals surface area contributed by atoms with E-state index in [2.05, 4.69) is 13.8 Å². The maximum absolute atomic E-state index is 10.4. The Kier molecular flexibility index (Phi) is 2.77. The average molecular weight is 148 g/mol. The zero-order valence-corrected chi connectivity index (χ0v) is 8.63. The molecule has 0 aliphatic carbocycles. The summed E-state index contributed by atoms with van der Waals surface area (Å²) in [6.45, 7) is 5.79. The summed E-state index contributed by atoms with van der Waals surface area (Å²) in [6.07, 6.45) is 0. The predicted octanol–water partition coefficient (Wildman–Crippen LogP) is 0.368. The third-order valence-electron chi connectivity index (χ3n) is 0.450. The van der Waals surface area contributed by atoms with Gasteiger partial charge in [0.1, 0.15) is 0 Å². The number of hydrogen-bond acceptors (Lipinski definition) is 2. The molecule has 0 aliphatic heterocycles. The fourth-order valence-electron chi connectivity index (χ4n) is 0.431. The van der Waals surface area contributed by atoms with Crippen molar-refractivity contribution < 1.29 is 4.79 Å². The van der Waals surface area contributed by atoms with Gasteiger partial charge in [-0.1, -0.05) is 25.6 Å². The van der Waals surface area contributed by atoms with Crippen molar-refractivity contribution in [1.29, 1.82) is 0 Å². The molecule has 0 fully saturated rings. The van der Waals surface area contributed by atoms with Crippen LogP contribution in [-0.2, 0) is 4.79 Å². The van der Waals surface area contributed by atoms with Crippen molar-refractivity contribution >= 4 is 27.1 Å². The maximum atomic E-state index is 10.4. The van der Waals surface area contributed by atoms with E-state index in [0.29, 0.717) is 0 Å². The fourth-order valence-corrected chi connectivity index (χ4v) is 2.16. The van der Waals surface area contributed by atoms with Gasteiger partial charge in [0.05, 0.1) is 0 Å². The van der Waals surface area contributed by atoms with E-state index in [-0.39, 0.29) is 9.49 Å². The molecule has 0 amide bonds. The zero-order chi connectivity index (χ0) is 6.78. The van der Waals surface area contributed by atoms with E-state index >= 15 is 0 Å². The van der Waals surface area contributed by atoms with E-state index in [9.17, 15) is 4.79 Å². The molecule has 0 saturated carbocycles. The molecule has 0 radical (unpaired) electrons. The van der Waals surface area contributed by atoms with Crippen molar-refractivity contribution in [2.24, 2.45) is 0 Å². The topological polar surface area (TPSA) is 17.1 Å². The molecule has 0 aliphatic rings. The van der Waals surface area contributed by atoms with E-state index in [4.69, 9.17) is 0 Å². The van der Waals surface area contributed by atoms with Crippen molar-refractivity contribution in [3.63, 3.8) is 0 Å². The molecule has 3 heteroatoms. The summed E-state index contributed by atoms with van der Waals surface area (Å²) >= 11 is 1.43. The minimum absolute atomic E-state index is 0.227. The van der Waals surface area contributed by atoms with Crippen LogP contribution in [0.2, 0.25) is 0 Å². The molecule has 8 heavy (non-hydrogen) atoms. The summed E-state index contributed by atoms with van der Waals surface area (Å²) < 4.78 is 0.228. The first-order valence-electron chi connectivity index (χ1n) is 2.61. The highest BCUT2D eigenvalue weighted by atomic mass is 32.2. The molecule has 0 rings (SSSR count). The summed E-state index contributed by atoms with van der Waals surface area (Å²) in [7, 11) is 1.07. The predicted molar refractivity (Wildman–Crippen MR) is 42.3 cm³/mol. The Morgan fingerprint density at radius 1 is 1.62 bits per heavy atom. The summed E-state index contributed by atoms with van der Waals surface area (Å²) in [5, 5.41) is 0.227. The highest BCUT2D eigenvalue weighted by Crippen LogP contribution is 2.19. The molecule has 48 valence electrons. The third kappa shape index (κ3) is 6.24. The molecular weight excluding hydrogens is 136 g/mol. The molecule has 0 unspecified atom stereocenters. The van der Waals surface area contributed by atoms with Crippen LogP contribution in [0.5, 0.6) is 0 Å². The number of thioether (sulfide) groups is 1. The van der Waals surface area contributed by atoms with Gasteiger partial charge in [0.15, 0.2) is 5.12 Å². The summed E-state index contributed by atoms with van der Waals surface area (Å²) in [6, 6.07) is 0. The average Bonchev–Trinajstić information content (AvgIpc) is 1.21. The standard InChI is InChI=1S/C5H12OSSi/c1-4(6)7-5(2,3)8/h1-3,8H3. The van der Waals surface area contributed by atoms with Gasteiger partial charge in [-0.15, -0.1) is 0 Å². The minimum Gasteiger partial charge on any atom is -0.288 e. The van der Waals surface area contributed by atoms with Crippen LogP contribution < -0.4 is 0 Å². The number of carbonyl (C=O) groups is 1. The van der Waals surface area contributed by atoms with Crippen molar-refractivity contribution in [2.45, 2.75) is 25.1 Å². The fraction of sp³-hybridized carbons (Fsp3) is 0.800. The SMILES string of the molecule is CC(=O)SC(C)(C)[SiH3]. The zero-order valence-electron chi connectivity index (χ0n) is 5.82. The normalized spacial score (nSPS) is 11.9. The van der Waals surface area contributed by atoms with Gasteiger partial charge >= 0.3 is 0 Å². The van der Waals surface area contributed by atoms with Gasteiger partial charge in [-0.3, -0.25) is 4.79 Å². The second kappa shape index (κ2) is 2.69. The van der Waals surface area contributed by atoms with Crippen molar-refractivity contribution in [3.8, 4) is 0 Å². The largest absolute Gasteiger partial charge is 0.288 e. The second-order valence-electron chi connectivity index (χ2n) is 2.71. The Labute approximate surface area is 57.7 Å². The summed E-state index contributed by atoms with van der Waals surface area (Å²) in [4.78, 5) is 10.4. The Balaban J connectivity index is 3.55. The van der Waals surface area contributed by atoms with Gasteiger partial charge < -0.3 is 0 Å². The van der Waals surface area contributed by atoms with Crippen LogP contribution in [0.1, 0.15) is 20.8 Å². The molecule has 0 atom stereocenters. The lowest BCUT2D eigenvalue weighted by atomic mass is 10.5. The lowest BCUT2D eigenvalue weighted by molar-refractivity contribution is -0.109. The van der Waals surface area contributed by atoms with E-state index < -0.39 is 0 Å². The number of carbonyl (C=O) groups excluding carboxylic acids is 1. The molecule has 0 N–H and O–H groups in total. The van der Waals surface area contributed by atoms with E-state index in [1.807, 2.05) is 0 Å². The summed E-state index contributed by atoms with van der Waals surface area (Å²) in [5.41, 5.74) is 0. The molecule has 0 spiro atoms. The Bertz CT molecular complexity index is 95.1. The van der Waals surface area contributed by atoms with Gasteiger partial charge in [0.2, 0.25) is 0 Å². The first-order valence-corrected chi connectivity index (χ1v) is 4.43. The molecule has 0 bridgehead atoms. The lowest BCUT2D eigenvalue weighted by Gasteiger charge is -2.13. The Morgan fingerprint density at radius 2 is 2.00 bits per heavy atom. The molecular formula is C5H12OSSi. The molecule has 0 heterocycles. The van der Waals surface area contributed by atoms with Crippen LogP contribution in [-0.4, -0.2) is 19.7 Å². The smallest absolute Gasteiger partial charge is 0.186 e.